The summed E-state index contributed by atoms with van der Waals surface area (Å²) in [7, 11) is -6.71. The van der Waals surface area contributed by atoms with Gasteiger partial charge in [-0.3, -0.25) is 0 Å². The molecule has 0 N–H and O–H groups in total. The topological polar surface area (TPSA) is 18.5 Å². The highest BCUT2D eigenvalue weighted by molar-refractivity contribution is 6.89. The van der Waals surface area contributed by atoms with Gasteiger partial charge in [0.1, 0.15) is 11.2 Å². The predicted octanol–water partition coefficient (Wildman–Crippen LogP) is 10.0. The molecule has 42 heavy (non-hydrogen) atoms. The Kier molecular flexibility index (Phi) is 11.2. The summed E-state index contributed by atoms with van der Waals surface area (Å²) in [5.74, 6) is 0. The van der Waals surface area contributed by atoms with Crippen molar-refractivity contribution in [2.45, 2.75) is 128 Å². The van der Waals surface area contributed by atoms with Gasteiger partial charge in [-0.05, 0) is 71.7 Å². The number of hydrogen-bond donors (Lipinski definition) is 0. The largest absolute Gasteiger partial charge is 0.401 e. The maximum absolute atomic E-state index is 7.47. The van der Waals surface area contributed by atoms with Crippen molar-refractivity contribution in [3.05, 3.63) is 84.0 Å². The minimum Gasteiger partial charge on any atom is -0.401 e. The lowest BCUT2D eigenvalue weighted by atomic mass is 9.82. The van der Waals surface area contributed by atoms with E-state index in [0.717, 1.165) is 36.3 Å². The van der Waals surface area contributed by atoms with E-state index in [4.69, 9.17) is 8.85 Å². The van der Waals surface area contributed by atoms with Gasteiger partial charge in [0.25, 0.3) is 0 Å². The maximum Gasteiger partial charge on any atom is 0.194 e. The van der Waals surface area contributed by atoms with Gasteiger partial charge in [0.05, 0.1) is 16.1 Å². The highest BCUT2D eigenvalue weighted by atomic mass is 28.4. The molecule has 0 heterocycles. The first-order chi connectivity index (χ1) is 19.6. The Morgan fingerprint density at radius 2 is 0.667 bits per heavy atom. The first-order valence-corrected chi connectivity index (χ1v) is 28.7. The molecule has 1 aliphatic rings. The van der Waals surface area contributed by atoms with E-state index in [1.165, 1.54) is 21.5 Å². The van der Waals surface area contributed by atoms with Gasteiger partial charge in [-0.15, -0.1) is 0 Å². The van der Waals surface area contributed by atoms with Crippen molar-refractivity contribution in [2.75, 3.05) is 0 Å². The molecule has 2 aromatic carbocycles. The van der Waals surface area contributed by atoms with E-state index in [1.54, 1.807) is 0 Å². The summed E-state index contributed by atoms with van der Waals surface area (Å²) < 4.78 is 14.9. The van der Waals surface area contributed by atoms with Crippen LogP contribution < -0.4 is 10.4 Å². The van der Waals surface area contributed by atoms with Crippen LogP contribution in [0.4, 0.5) is 0 Å². The van der Waals surface area contributed by atoms with Crippen LogP contribution in [0.5, 0.6) is 0 Å². The molecule has 6 heteroatoms. The molecule has 0 atom stereocenters. The summed E-state index contributed by atoms with van der Waals surface area (Å²) in [6, 6.07) is 25.5. The zero-order chi connectivity index (χ0) is 31.5. The highest BCUT2D eigenvalue weighted by Crippen LogP contribution is 2.45. The van der Waals surface area contributed by atoms with Gasteiger partial charge < -0.3 is 8.85 Å². The Morgan fingerprint density at radius 1 is 0.429 bits per heavy atom. The molecule has 0 aliphatic heterocycles. The van der Waals surface area contributed by atoms with Crippen LogP contribution in [0.1, 0.15) is 52.7 Å². The zero-order valence-electron chi connectivity index (χ0n) is 29.0. The molecular formula is C36H60O2Si4. The SMILES string of the molecule is CC[Si](CC)(CC)OC1(c2ccc([Si](C)(C)C)cc2)C=CC(O[Si](CC)(CC)CC)(c2ccc([Si](C)(C)C)cc2)C=C1. The lowest BCUT2D eigenvalue weighted by Crippen LogP contribution is -2.48. The summed E-state index contributed by atoms with van der Waals surface area (Å²) in [6.07, 6.45) is 9.47. The molecule has 2 nitrogen and oxygen atoms in total. The monoisotopic (exact) mass is 636 g/mol. The van der Waals surface area contributed by atoms with Crippen LogP contribution in [0.15, 0.2) is 72.8 Å². The second-order valence-corrected chi connectivity index (χ2v) is 34.1. The van der Waals surface area contributed by atoms with Gasteiger partial charge in [-0.2, -0.15) is 0 Å². The fourth-order valence-corrected chi connectivity index (χ4v) is 14.5. The van der Waals surface area contributed by atoms with Gasteiger partial charge in [0.15, 0.2) is 16.6 Å². The zero-order valence-corrected chi connectivity index (χ0v) is 33.0. The summed E-state index contributed by atoms with van der Waals surface area (Å²) in [5.41, 5.74) is 1.31. The molecule has 0 fully saturated rings. The summed E-state index contributed by atoms with van der Waals surface area (Å²) >= 11 is 0. The number of hydrogen-bond acceptors (Lipinski definition) is 2. The quantitative estimate of drug-likeness (QED) is 0.152. The summed E-state index contributed by atoms with van der Waals surface area (Å²) in [4.78, 5) is 0. The van der Waals surface area contributed by atoms with Gasteiger partial charge in [-0.25, -0.2) is 0 Å². The Hall–Kier alpha value is -1.29. The molecule has 0 saturated carbocycles. The number of rotatable bonds is 14. The Bertz CT molecular complexity index is 1080. The van der Waals surface area contributed by atoms with Crippen molar-refractivity contribution in [2.24, 2.45) is 0 Å². The fraction of sp³-hybridized carbons (Fsp3) is 0.556. The Morgan fingerprint density at radius 3 is 0.857 bits per heavy atom. The third kappa shape index (κ3) is 7.32. The fourth-order valence-electron chi connectivity index (χ4n) is 6.36. The third-order valence-electron chi connectivity index (χ3n) is 10.2. The molecule has 2 aromatic rings. The molecule has 1 aliphatic carbocycles. The maximum atomic E-state index is 7.47. The second-order valence-electron chi connectivity index (χ2n) is 14.6. The van der Waals surface area contributed by atoms with Crippen molar-refractivity contribution < 1.29 is 8.85 Å². The van der Waals surface area contributed by atoms with Crippen molar-refractivity contribution in [3.8, 4) is 0 Å². The van der Waals surface area contributed by atoms with E-state index in [2.05, 4.69) is 154 Å². The predicted molar refractivity (Wildman–Crippen MR) is 197 cm³/mol. The van der Waals surface area contributed by atoms with Crippen LogP contribution in [0.2, 0.25) is 75.5 Å². The van der Waals surface area contributed by atoms with Gasteiger partial charge in [0.2, 0.25) is 0 Å². The second kappa shape index (κ2) is 13.4. The molecular weight excluding hydrogens is 577 g/mol. The first kappa shape index (κ1) is 35.2. The standard InChI is InChI=1S/C36H60O2Si4/c1-13-41(14-2,15-3)37-35(31-19-23-33(24-20-31)39(7,8)9)27-29-36(30-28-35,38-42(16-4,17-5)18-6)32-21-25-34(26-22-32)40(10,11)12/h19-30H,13-18H2,1-12H3. The lowest BCUT2D eigenvalue weighted by molar-refractivity contribution is 0.121. The van der Waals surface area contributed by atoms with E-state index < -0.39 is 44.0 Å². The lowest BCUT2D eigenvalue weighted by Gasteiger charge is -2.46. The minimum absolute atomic E-state index is 0.577. The van der Waals surface area contributed by atoms with Crippen molar-refractivity contribution in [1.82, 2.24) is 0 Å². The van der Waals surface area contributed by atoms with Crippen LogP contribution in [-0.2, 0) is 20.1 Å². The summed E-state index contributed by atoms with van der Waals surface area (Å²) in [5, 5.41) is 2.97. The van der Waals surface area contributed by atoms with E-state index in [0.29, 0.717) is 0 Å². The van der Waals surface area contributed by atoms with Crippen LogP contribution in [-0.4, -0.2) is 32.8 Å². The Labute approximate surface area is 263 Å². The molecule has 0 radical (unpaired) electrons. The van der Waals surface area contributed by atoms with Gasteiger partial charge >= 0.3 is 0 Å². The minimum atomic E-state index is -1.95. The normalized spacial score (nSPS) is 21.6. The molecule has 0 unspecified atom stereocenters. The number of benzene rings is 2. The highest BCUT2D eigenvalue weighted by Gasteiger charge is 2.46. The molecule has 0 amide bonds. The molecule has 0 aromatic heterocycles. The van der Waals surface area contributed by atoms with Crippen molar-refractivity contribution >= 4 is 43.2 Å². The molecule has 0 saturated heterocycles. The van der Waals surface area contributed by atoms with E-state index in [-0.39, 0.29) is 0 Å². The van der Waals surface area contributed by atoms with Gasteiger partial charge in [-0.1, -0.05) is 140 Å². The molecule has 3 rings (SSSR count). The molecule has 0 bridgehead atoms. The van der Waals surface area contributed by atoms with Crippen LogP contribution in [0.3, 0.4) is 0 Å². The van der Waals surface area contributed by atoms with E-state index in [9.17, 15) is 0 Å². The van der Waals surface area contributed by atoms with Crippen LogP contribution in [0.25, 0.3) is 0 Å². The smallest absolute Gasteiger partial charge is 0.194 e. The Balaban J connectivity index is 2.23. The molecule has 232 valence electrons. The van der Waals surface area contributed by atoms with E-state index >= 15 is 0 Å². The van der Waals surface area contributed by atoms with Crippen LogP contribution in [0, 0.1) is 0 Å². The molecule has 0 spiro atoms. The average molecular weight is 637 g/mol. The third-order valence-corrected chi connectivity index (χ3v) is 23.6. The van der Waals surface area contributed by atoms with Crippen LogP contribution >= 0.6 is 0 Å². The van der Waals surface area contributed by atoms with Crippen molar-refractivity contribution in [1.29, 1.82) is 0 Å². The average Bonchev–Trinajstić information content (AvgIpc) is 2.99. The van der Waals surface area contributed by atoms with Gasteiger partial charge in [0, 0.05) is 0 Å². The van der Waals surface area contributed by atoms with Crippen molar-refractivity contribution in [3.63, 3.8) is 0 Å². The van der Waals surface area contributed by atoms with E-state index in [1.807, 2.05) is 0 Å². The first-order valence-electron chi connectivity index (χ1n) is 16.6. The summed E-state index contributed by atoms with van der Waals surface area (Å²) in [6.45, 7) is 28.5.